The van der Waals surface area contributed by atoms with Crippen molar-refractivity contribution in [3.05, 3.63) is 35.4 Å². The summed E-state index contributed by atoms with van der Waals surface area (Å²) in [5.74, 6) is 0. The molecule has 13 heavy (non-hydrogen) atoms. The minimum absolute atomic E-state index is 0.768. The number of aryl methyl sites for hydroxylation is 2. The third-order valence-corrected chi connectivity index (χ3v) is 1.98. The second kappa shape index (κ2) is 5.73. The Morgan fingerprint density at radius 1 is 1.23 bits per heavy atom. The highest BCUT2D eigenvalue weighted by atomic mass is 16.6. The highest BCUT2D eigenvalue weighted by Gasteiger charge is 1.92. The van der Waals surface area contributed by atoms with Crippen molar-refractivity contribution in [2.45, 2.75) is 19.8 Å². The fourth-order valence-corrected chi connectivity index (χ4v) is 1.21. The first-order valence-corrected chi connectivity index (χ1v) is 4.67. The molecule has 0 aliphatic rings. The van der Waals surface area contributed by atoms with Gasteiger partial charge in [0.1, 0.15) is 0 Å². The molecule has 0 fully saturated rings. The molecule has 1 aromatic carbocycles. The predicted molar refractivity (Wildman–Crippen MR) is 54.5 cm³/mol. The Bertz CT molecular complexity index is 230. The maximum atomic E-state index is 5.03. The molecule has 0 spiro atoms. The summed E-state index contributed by atoms with van der Waals surface area (Å²) in [5, 5.41) is 0. The van der Waals surface area contributed by atoms with E-state index in [1.807, 2.05) is 0 Å². The molecule has 2 nitrogen and oxygen atoms in total. The van der Waals surface area contributed by atoms with Gasteiger partial charge in [-0.1, -0.05) is 29.8 Å². The Kier molecular flexibility index (Phi) is 4.50. The zero-order valence-electron chi connectivity index (χ0n) is 8.34. The van der Waals surface area contributed by atoms with E-state index < -0.39 is 0 Å². The quantitative estimate of drug-likeness (QED) is 0.552. The Hall–Kier alpha value is -0.860. The Morgan fingerprint density at radius 2 is 1.92 bits per heavy atom. The number of rotatable bonds is 5. The highest BCUT2D eigenvalue weighted by molar-refractivity contribution is 5.21. The Labute approximate surface area is 79.9 Å². The molecule has 0 unspecified atom stereocenters. The molecule has 0 radical (unpaired) electrons. The van der Waals surface area contributed by atoms with E-state index >= 15 is 0 Å². The van der Waals surface area contributed by atoms with Crippen LogP contribution in [0, 0.1) is 6.92 Å². The molecule has 1 N–H and O–H groups in total. The molecule has 0 heterocycles. The van der Waals surface area contributed by atoms with Gasteiger partial charge in [-0.15, -0.1) is 0 Å². The first-order valence-electron chi connectivity index (χ1n) is 4.67. The van der Waals surface area contributed by atoms with Crippen molar-refractivity contribution < 1.29 is 4.84 Å². The standard InChI is InChI=1S/C11H17NO/c1-10-5-7-11(8-6-10)4-3-9-13-12-2/h5-8,12H,3-4,9H2,1-2H3. The second-order valence-corrected chi connectivity index (χ2v) is 3.14. The monoisotopic (exact) mass is 179 g/mol. The number of benzene rings is 1. The summed E-state index contributed by atoms with van der Waals surface area (Å²) in [7, 11) is 1.78. The zero-order chi connectivity index (χ0) is 9.52. The molecular formula is C11H17NO. The lowest BCUT2D eigenvalue weighted by molar-refractivity contribution is 0.0564. The van der Waals surface area contributed by atoms with Crippen LogP contribution in [0.2, 0.25) is 0 Å². The molecule has 72 valence electrons. The van der Waals surface area contributed by atoms with Crippen molar-refractivity contribution in [2.75, 3.05) is 13.7 Å². The lowest BCUT2D eigenvalue weighted by atomic mass is 10.1. The van der Waals surface area contributed by atoms with Crippen LogP contribution in [0.1, 0.15) is 17.5 Å². The predicted octanol–water partition coefficient (Wildman–Crippen LogP) is 2.08. The third kappa shape index (κ3) is 4.06. The van der Waals surface area contributed by atoms with Crippen LogP contribution in [-0.4, -0.2) is 13.7 Å². The van der Waals surface area contributed by atoms with E-state index in [0.717, 1.165) is 19.4 Å². The molecule has 0 saturated carbocycles. The van der Waals surface area contributed by atoms with Gasteiger partial charge in [0, 0.05) is 7.05 Å². The van der Waals surface area contributed by atoms with Crippen LogP contribution in [0.3, 0.4) is 0 Å². The summed E-state index contributed by atoms with van der Waals surface area (Å²) in [6.45, 7) is 2.87. The average molecular weight is 179 g/mol. The molecule has 0 aromatic heterocycles. The van der Waals surface area contributed by atoms with Gasteiger partial charge in [0.2, 0.25) is 0 Å². The van der Waals surface area contributed by atoms with Crippen molar-refractivity contribution in [2.24, 2.45) is 0 Å². The van der Waals surface area contributed by atoms with E-state index in [-0.39, 0.29) is 0 Å². The topological polar surface area (TPSA) is 21.3 Å². The van der Waals surface area contributed by atoms with Crippen LogP contribution in [0.15, 0.2) is 24.3 Å². The number of nitrogens with one attached hydrogen (secondary N) is 1. The highest BCUT2D eigenvalue weighted by Crippen LogP contribution is 2.05. The van der Waals surface area contributed by atoms with Crippen molar-refractivity contribution in [3.8, 4) is 0 Å². The van der Waals surface area contributed by atoms with Gasteiger partial charge < -0.3 is 4.84 Å². The first-order chi connectivity index (χ1) is 6.33. The second-order valence-electron chi connectivity index (χ2n) is 3.14. The lowest BCUT2D eigenvalue weighted by Gasteiger charge is -2.02. The summed E-state index contributed by atoms with van der Waals surface area (Å²) < 4.78 is 0. The van der Waals surface area contributed by atoms with Crippen LogP contribution in [0.5, 0.6) is 0 Å². The van der Waals surface area contributed by atoms with E-state index in [9.17, 15) is 0 Å². The molecule has 0 bridgehead atoms. The molecule has 0 aliphatic heterocycles. The van der Waals surface area contributed by atoms with E-state index in [0.29, 0.717) is 0 Å². The van der Waals surface area contributed by atoms with E-state index in [2.05, 4.69) is 36.7 Å². The molecule has 0 amide bonds. The third-order valence-electron chi connectivity index (χ3n) is 1.98. The number of hydrogen-bond acceptors (Lipinski definition) is 2. The zero-order valence-corrected chi connectivity index (χ0v) is 8.34. The molecule has 1 aromatic rings. The van der Waals surface area contributed by atoms with E-state index in [1.54, 1.807) is 7.05 Å². The largest absolute Gasteiger partial charge is 0.302 e. The van der Waals surface area contributed by atoms with Crippen LogP contribution >= 0.6 is 0 Å². The van der Waals surface area contributed by atoms with E-state index in [1.165, 1.54) is 11.1 Å². The van der Waals surface area contributed by atoms with Crippen molar-refractivity contribution in [1.29, 1.82) is 0 Å². The molecule has 0 atom stereocenters. The first kappa shape index (κ1) is 10.2. The van der Waals surface area contributed by atoms with Gasteiger partial charge in [-0.2, -0.15) is 0 Å². The van der Waals surface area contributed by atoms with Gasteiger partial charge in [-0.05, 0) is 25.3 Å². The Balaban J connectivity index is 2.25. The van der Waals surface area contributed by atoms with Gasteiger partial charge in [-0.3, -0.25) is 0 Å². The fourth-order valence-electron chi connectivity index (χ4n) is 1.21. The summed E-state index contributed by atoms with van der Waals surface area (Å²) in [5.41, 5.74) is 5.36. The average Bonchev–Trinajstić information content (AvgIpc) is 2.15. The van der Waals surface area contributed by atoms with Crippen molar-refractivity contribution in [3.63, 3.8) is 0 Å². The van der Waals surface area contributed by atoms with Crippen LogP contribution in [-0.2, 0) is 11.3 Å². The normalized spacial score (nSPS) is 10.3. The summed E-state index contributed by atoms with van der Waals surface area (Å²) >= 11 is 0. The molecular weight excluding hydrogens is 162 g/mol. The summed E-state index contributed by atoms with van der Waals surface area (Å²) in [4.78, 5) is 5.03. The number of hydroxylamine groups is 1. The molecule has 0 saturated heterocycles. The van der Waals surface area contributed by atoms with Gasteiger partial charge in [0.25, 0.3) is 0 Å². The summed E-state index contributed by atoms with van der Waals surface area (Å²) in [6, 6.07) is 8.64. The van der Waals surface area contributed by atoms with Gasteiger partial charge in [0.05, 0.1) is 6.61 Å². The number of hydrogen-bond donors (Lipinski definition) is 1. The Morgan fingerprint density at radius 3 is 2.54 bits per heavy atom. The lowest BCUT2D eigenvalue weighted by Crippen LogP contribution is -2.08. The maximum Gasteiger partial charge on any atom is 0.0685 e. The van der Waals surface area contributed by atoms with Crippen molar-refractivity contribution in [1.82, 2.24) is 5.48 Å². The SMILES string of the molecule is CNOCCCc1ccc(C)cc1. The van der Waals surface area contributed by atoms with Gasteiger partial charge >= 0.3 is 0 Å². The molecule has 2 heteroatoms. The van der Waals surface area contributed by atoms with Crippen LogP contribution in [0.4, 0.5) is 0 Å². The fraction of sp³-hybridized carbons (Fsp3) is 0.455. The maximum absolute atomic E-state index is 5.03. The van der Waals surface area contributed by atoms with Gasteiger partial charge in [-0.25, -0.2) is 5.48 Å². The van der Waals surface area contributed by atoms with Crippen LogP contribution in [0.25, 0.3) is 0 Å². The van der Waals surface area contributed by atoms with Crippen molar-refractivity contribution >= 4 is 0 Å². The summed E-state index contributed by atoms with van der Waals surface area (Å²) in [6.07, 6.45) is 2.14. The van der Waals surface area contributed by atoms with E-state index in [4.69, 9.17) is 4.84 Å². The minimum Gasteiger partial charge on any atom is -0.302 e. The smallest absolute Gasteiger partial charge is 0.0685 e. The van der Waals surface area contributed by atoms with Crippen LogP contribution < -0.4 is 5.48 Å². The van der Waals surface area contributed by atoms with Gasteiger partial charge in [0.15, 0.2) is 0 Å². The minimum atomic E-state index is 0.768. The molecule has 0 aliphatic carbocycles. The molecule has 1 rings (SSSR count).